The summed E-state index contributed by atoms with van der Waals surface area (Å²) in [5.41, 5.74) is 1.50. The van der Waals surface area contributed by atoms with Gasteiger partial charge in [-0.15, -0.1) is 0 Å². The molecule has 1 aliphatic rings. The molecule has 0 saturated carbocycles. The van der Waals surface area contributed by atoms with Gasteiger partial charge in [-0.2, -0.15) is 18.3 Å². The number of ether oxygens (including phenoxy) is 1. The second kappa shape index (κ2) is 18.8. The minimum Gasteiger partial charge on any atom is -0.387 e. The Bertz CT molecular complexity index is 1360. The highest BCUT2D eigenvalue weighted by molar-refractivity contribution is 5.96. The van der Waals surface area contributed by atoms with Crippen molar-refractivity contribution in [2.75, 3.05) is 33.4 Å². The van der Waals surface area contributed by atoms with Crippen LogP contribution in [0.1, 0.15) is 43.2 Å². The Kier molecular flexibility index (Phi) is 15.2. The molecule has 0 unspecified atom stereocenters. The standard InChI is InChI=1S/C22H20F3N5O.C8H13NO.C2H6/c1-2-27-20(11-7-13-28-21(31)16-8-4-3-5-9-16)30-19(22(23,24)25)14-18(29-30)17-10-6-12-26-15-17;1-10-7-4-8-2-5-9-6-3-8;1-2/h3-12,14-15H,2,13H2,1H3,(H,28,31);2-3,5,9H,4,6-7H2,1H3;1-2H3/b11-7-,27-20?;;. The molecule has 0 atom stereocenters. The third-order valence-electron chi connectivity index (χ3n) is 5.67. The third kappa shape index (κ3) is 11.7. The normalized spacial score (nSPS) is 12.8. The van der Waals surface area contributed by atoms with Gasteiger partial charge >= 0.3 is 6.18 Å². The number of pyridine rings is 1. The number of benzene rings is 1. The summed E-state index contributed by atoms with van der Waals surface area (Å²) in [4.78, 5) is 20.2. The maximum atomic E-state index is 13.6. The number of amides is 1. The van der Waals surface area contributed by atoms with Crippen LogP contribution in [0, 0.1) is 0 Å². The number of carbonyl (C=O) groups excluding carboxylic acids is 1. The second-order valence-electron chi connectivity index (χ2n) is 8.64. The number of methoxy groups -OCH3 is 1. The van der Waals surface area contributed by atoms with Crippen molar-refractivity contribution >= 4 is 11.7 Å². The van der Waals surface area contributed by atoms with E-state index in [0.717, 1.165) is 30.3 Å². The number of hydrogen-bond acceptors (Lipinski definition) is 6. The molecule has 1 aliphatic heterocycles. The van der Waals surface area contributed by atoms with Crippen molar-refractivity contribution in [3.05, 3.63) is 108 Å². The fourth-order valence-electron chi connectivity index (χ4n) is 3.67. The van der Waals surface area contributed by atoms with Crippen LogP contribution in [0.4, 0.5) is 13.2 Å². The first kappa shape index (κ1) is 34.7. The van der Waals surface area contributed by atoms with Crippen molar-refractivity contribution in [2.24, 2.45) is 4.99 Å². The zero-order chi connectivity index (χ0) is 31.5. The Hall–Kier alpha value is -4.51. The summed E-state index contributed by atoms with van der Waals surface area (Å²) < 4.78 is 46.7. The molecule has 11 heteroatoms. The predicted octanol–water partition coefficient (Wildman–Crippen LogP) is 6.31. The lowest BCUT2D eigenvalue weighted by Gasteiger charge is -2.10. The molecule has 3 heterocycles. The van der Waals surface area contributed by atoms with E-state index in [1.807, 2.05) is 20.0 Å². The van der Waals surface area contributed by atoms with Crippen LogP contribution in [0.25, 0.3) is 11.3 Å². The molecule has 1 aromatic carbocycles. The summed E-state index contributed by atoms with van der Waals surface area (Å²) in [6.07, 6.45) is 8.55. The summed E-state index contributed by atoms with van der Waals surface area (Å²) in [6.45, 7) is 7.86. The Morgan fingerprint density at radius 2 is 1.95 bits per heavy atom. The van der Waals surface area contributed by atoms with Crippen LogP contribution < -0.4 is 10.6 Å². The number of alkyl halides is 3. The van der Waals surface area contributed by atoms with Crippen molar-refractivity contribution in [1.29, 1.82) is 0 Å². The van der Waals surface area contributed by atoms with Crippen LogP contribution in [0.3, 0.4) is 0 Å². The lowest BCUT2D eigenvalue weighted by atomic mass is 10.1. The topological polar surface area (TPSA) is 93.4 Å². The largest absolute Gasteiger partial charge is 0.433 e. The van der Waals surface area contributed by atoms with Crippen molar-refractivity contribution in [2.45, 2.75) is 33.4 Å². The van der Waals surface area contributed by atoms with E-state index in [-0.39, 0.29) is 30.5 Å². The Morgan fingerprint density at radius 3 is 2.56 bits per heavy atom. The molecule has 2 N–H and O–H groups in total. The van der Waals surface area contributed by atoms with Crippen molar-refractivity contribution in [1.82, 2.24) is 25.4 Å². The first-order chi connectivity index (χ1) is 20.8. The molecule has 1 amide bonds. The number of hydrogen-bond donors (Lipinski definition) is 2. The molecule has 2 aromatic heterocycles. The van der Waals surface area contributed by atoms with Gasteiger partial charge in [0.05, 0.1) is 12.3 Å². The second-order valence-corrected chi connectivity index (χ2v) is 8.64. The number of rotatable bonds is 9. The highest BCUT2D eigenvalue weighted by Crippen LogP contribution is 2.32. The number of aromatic nitrogens is 3. The van der Waals surface area contributed by atoms with Crippen molar-refractivity contribution < 1.29 is 22.7 Å². The van der Waals surface area contributed by atoms with Crippen molar-refractivity contribution in [3.63, 3.8) is 0 Å². The molecule has 0 radical (unpaired) electrons. The van der Waals surface area contributed by atoms with Gasteiger partial charge in [-0.25, -0.2) is 4.68 Å². The molecule has 0 bridgehead atoms. The van der Waals surface area contributed by atoms with Gasteiger partial charge in [0.15, 0.2) is 5.69 Å². The third-order valence-corrected chi connectivity index (χ3v) is 5.67. The van der Waals surface area contributed by atoms with E-state index in [1.54, 1.807) is 56.5 Å². The molecule has 0 fully saturated rings. The molecule has 43 heavy (non-hydrogen) atoms. The average molecular weight is 597 g/mol. The van der Waals surface area contributed by atoms with Crippen molar-refractivity contribution in [3.8, 4) is 11.3 Å². The van der Waals surface area contributed by atoms with Crippen LogP contribution in [-0.4, -0.2) is 59.9 Å². The minimum absolute atomic E-state index is 0.0129. The van der Waals surface area contributed by atoms with E-state index in [1.165, 1.54) is 30.1 Å². The van der Waals surface area contributed by atoms with Gasteiger partial charge in [0.2, 0.25) is 0 Å². The number of dihydropyridines is 1. The first-order valence-corrected chi connectivity index (χ1v) is 14.0. The molecule has 230 valence electrons. The van der Waals surface area contributed by atoms with Gasteiger partial charge in [0, 0.05) is 50.3 Å². The quantitative estimate of drug-likeness (QED) is 0.223. The smallest absolute Gasteiger partial charge is 0.387 e. The van der Waals surface area contributed by atoms with E-state index in [4.69, 9.17) is 4.74 Å². The van der Waals surface area contributed by atoms with Gasteiger partial charge in [0.1, 0.15) is 5.84 Å². The summed E-state index contributed by atoms with van der Waals surface area (Å²) in [5, 5.41) is 9.89. The number of nitrogens with one attached hydrogen (secondary N) is 2. The first-order valence-electron chi connectivity index (χ1n) is 14.0. The van der Waals surface area contributed by atoms with E-state index < -0.39 is 11.9 Å². The SMILES string of the molecule is CC.CCN=C(/C=C\CNC(=O)c1ccccc1)n1nc(-c2cccnc2)cc1C(F)(F)F.COCCC1=CCNC=C1. The lowest BCUT2D eigenvalue weighted by Crippen LogP contribution is -2.24. The monoisotopic (exact) mass is 596 g/mol. The van der Waals surface area contributed by atoms with Gasteiger partial charge in [0.25, 0.3) is 5.91 Å². The number of aliphatic imine (C=N–C) groups is 1. The summed E-state index contributed by atoms with van der Waals surface area (Å²) in [5.74, 6) is -0.271. The molecular formula is C32H39F3N6O2. The Morgan fingerprint density at radius 1 is 1.19 bits per heavy atom. The fourth-order valence-corrected chi connectivity index (χ4v) is 3.67. The molecule has 0 spiro atoms. The van der Waals surface area contributed by atoms with Crippen LogP contribution in [0.5, 0.6) is 0 Å². The van der Waals surface area contributed by atoms with Gasteiger partial charge in [-0.3, -0.25) is 14.8 Å². The zero-order valence-corrected chi connectivity index (χ0v) is 24.9. The zero-order valence-electron chi connectivity index (χ0n) is 24.9. The molecular weight excluding hydrogens is 557 g/mol. The van der Waals surface area contributed by atoms with Crippen LogP contribution in [0.2, 0.25) is 0 Å². The summed E-state index contributed by atoms with van der Waals surface area (Å²) in [7, 11) is 1.73. The maximum absolute atomic E-state index is 13.6. The van der Waals surface area contributed by atoms with Gasteiger partial charge < -0.3 is 15.4 Å². The van der Waals surface area contributed by atoms with E-state index in [9.17, 15) is 18.0 Å². The highest BCUT2D eigenvalue weighted by atomic mass is 19.4. The summed E-state index contributed by atoms with van der Waals surface area (Å²) >= 11 is 0. The Labute approximate surface area is 251 Å². The minimum atomic E-state index is -4.63. The fraction of sp³-hybridized carbons (Fsp3) is 0.312. The van der Waals surface area contributed by atoms with Crippen LogP contribution in [0.15, 0.2) is 102 Å². The number of halogens is 3. The molecule has 0 aliphatic carbocycles. The Balaban J connectivity index is 0.000000451. The number of allylic oxidation sites excluding steroid dienone is 2. The molecule has 3 aromatic rings. The van der Waals surface area contributed by atoms with E-state index in [0.29, 0.717) is 11.1 Å². The number of nitrogens with zero attached hydrogens (tertiary/aromatic N) is 4. The van der Waals surface area contributed by atoms with E-state index in [2.05, 4.69) is 37.9 Å². The molecule has 8 nitrogen and oxygen atoms in total. The average Bonchev–Trinajstić information content (AvgIpc) is 3.51. The predicted molar refractivity (Wildman–Crippen MR) is 165 cm³/mol. The number of carbonyl (C=O) groups is 1. The van der Waals surface area contributed by atoms with Gasteiger partial charge in [-0.05, 0) is 67.6 Å². The summed E-state index contributed by atoms with van der Waals surface area (Å²) in [6, 6.07) is 12.8. The molecule has 0 saturated heterocycles. The lowest BCUT2D eigenvalue weighted by molar-refractivity contribution is -0.142. The molecule has 4 rings (SSSR count). The highest BCUT2D eigenvalue weighted by Gasteiger charge is 2.37. The van der Waals surface area contributed by atoms with Gasteiger partial charge in [-0.1, -0.05) is 44.2 Å². The van der Waals surface area contributed by atoms with E-state index >= 15 is 0 Å². The van der Waals surface area contributed by atoms with Crippen LogP contribution in [-0.2, 0) is 10.9 Å². The maximum Gasteiger partial charge on any atom is 0.433 e. The van der Waals surface area contributed by atoms with Crippen LogP contribution >= 0.6 is 0 Å².